The largest absolute Gasteiger partial charge is 0.388 e. The molecule has 0 rings (SSSR count). The first-order valence-electron chi connectivity index (χ1n) is 2.18. The van der Waals surface area contributed by atoms with Crippen LogP contribution < -0.4 is 0 Å². The van der Waals surface area contributed by atoms with Crippen LogP contribution >= 0.6 is 15.9 Å². The summed E-state index contributed by atoms with van der Waals surface area (Å²) in [5, 5.41) is 8.71. The summed E-state index contributed by atoms with van der Waals surface area (Å²) in [4.78, 5) is 0. The maximum Gasteiger partial charge on any atom is 0.0823 e. The first-order chi connectivity index (χ1) is 3.18. The maximum absolute atomic E-state index is 8.71. The Hall–Kier alpha value is 0.180. The summed E-state index contributed by atoms with van der Waals surface area (Å²) in [6.45, 7) is 3.58. The number of hydrogen-bond acceptors (Lipinski definition) is 1. The normalized spacial score (nSPS) is 16.9. The molecular weight excluding hydrogens is 156 g/mol. The summed E-state index contributed by atoms with van der Waals surface area (Å²) < 4.78 is 0.840. The fourth-order valence-electron chi connectivity index (χ4n) is 0.241. The average molecular weight is 165 g/mol. The molecule has 0 spiro atoms. The Morgan fingerprint density at radius 2 is 2.29 bits per heavy atom. The van der Waals surface area contributed by atoms with E-state index in [-0.39, 0.29) is 6.10 Å². The van der Waals surface area contributed by atoms with E-state index in [1.807, 2.05) is 13.0 Å². The molecule has 0 saturated heterocycles. The molecule has 1 atom stereocenters. The van der Waals surface area contributed by atoms with Gasteiger partial charge in [0, 0.05) is 4.48 Å². The van der Waals surface area contributed by atoms with Crippen molar-refractivity contribution < 1.29 is 5.11 Å². The quantitative estimate of drug-likeness (QED) is 0.626. The van der Waals surface area contributed by atoms with Crippen LogP contribution in [0.2, 0.25) is 0 Å². The van der Waals surface area contributed by atoms with Gasteiger partial charge in [0.15, 0.2) is 0 Å². The fourth-order valence-corrected chi connectivity index (χ4v) is 0.241. The molecule has 0 radical (unpaired) electrons. The minimum absolute atomic E-state index is 0.356. The predicted molar refractivity (Wildman–Crippen MR) is 34.4 cm³/mol. The van der Waals surface area contributed by atoms with Crippen LogP contribution in [0.25, 0.3) is 0 Å². The van der Waals surface area contributed by atoms with Crippen molar-refractivity contribution in [2.75, 3.05) is 0 Å². The molecule has 0 aliphatic heterocycles. The summed E-state index contributed by atoms with van der Waals surface area (Å²) in [5.74, 6) is 0. The van der Waals surface area contributed by atoms with Crippen molar-refractivity contribution in [1.29, 1.82) is 0 Å². The van der Waals surface area contributed by atoms with Gasteiger partial charge in [0.25, 0.3) is 0 Å². The van der Waals surface area contributed by atoms with Crippen molar-refractivity contribution in [2.45, 2.75) is 20.0 Å². The van der Waals surface area contributed by atoms with Crippen LogP contribution in [0.1, 0.15) is 13.8 Å². The molecule has 0 amide bonds. The Balaban J connectivity index is 3.56. The smallest absolute Gasteiger partial charge is 0.0823 e. The van der Waals surface area contributed by atoms with Gasteiger partial charge in [-0.2, -0.15) is 0 Å². The Labute approximate surface area is 52.2 Å². The number of rotatable bonds is 1. The van der Waals surface area contributed by atoms with Crippen LogP contribution in [0.5, 0.6) is 0 Å². The lowest BCUT2D eigenvalue weighted by molar-refractivity contribution is 0.241. The highest BCUT2D eigenvalue weighted by Crippen LogP contribution is 2.08. The highest BCUT2D eigenvalue weighted by Gasteiger charge is 1.94. The van der Waals surface area contributed by atoms with Crippen molar-refractivity contribution in [3.05, 3.63) is 10.6 Å². The summed E-state index contributed by atoms with van der Waals surface area (Å²) in [5.41, 5.74) is 0. The Morgan fingerprint density at radius 3 is 2.29 bits per heavy atom. The molecule has 2 heteroatoms. The van der Waals surface area contributed by atoms with Gasteiger partial charge < -0.3 is 5.11 Å². The van der Waals surface area contributed by atoms with E-state index in [1.54, 1.807) is 6.92 Å². The highest BCUT2D eigenvalue weighted by molar-refractivity contribution is 9.11. The summed E-state index contributed by atoms with van der Waals surface area (Å²) in [6.07, 6.45) is 1.47. The Kier molecular flexibility index (Phi) is 3.30. The minimum Gasteiger partial charge on any atom is -0.388 e. The molecule has 0 aromatic carbocycles. The second-order valence-corrected chi connectivity index (χ2v) is 2.27. The fraction of sp³-hybridized carbons (Fsp3) is 0.600. The van der Waals surface area contributed by atoms with E-state index in [4.69, 9.17) is 5.11 Å². The van der Waals surface area contributed by atoms with Gasteiger partial charge in [-0.3, -0.25) is 0 Å². The van der Waals surface area contributed by atoms with Crippen molar-refractivity contribution in [2.24, 2.45) is 0 Å². The van der Waals surface area contributed by atoms with E-state index in [0.29, 0.717) is 0 Å². The first-order valence-corrected chi connectivity index (χ1v) is 2.97. The van der Waals surface area contributed by atoms with E-state index < -0.39 is 0 Å². The van der Waals surface area contributed by atoms with Crippen LogP contribution in [-0.4, -0.2) is 11.2 Å². The number of halogens is 1. The Bertz CT molecular complexity index is 76.1. The lowest BCUT2D eigenvalue weighted by Gasteiger charge is -1.97. The molecule has 1 N–H and O–H groups in total. The zero-order valence-electron chi connectivity index (χ0n) is 4.48. The SMILES string of the molecule is C/C=C(\Br)C(C)O. The molecule has 7 heavy (non-hydrogen) atoms. The number of aliphatic hydroxyl groups is 1. The molecule has 1 unspecified atom stereocenters. The van der Waals surface area contributed by atoms with Crippen molar-refractivity contribution in [3.8, 4) is 0 Å². The summed E-state index contributed by atoms with van der Waals surface area (Å²) in [6, 6.07) is 0. The van der Waals surface area contributed by atoms with Gasteiger partial charge >= 0.3 is 0 Å². The van der Waals surface area contributed by atoms with Gasteiger partial charge in [0.1, 0.15) is 0 Å². The molecule has 0 bridgehead atoms. The number of hydrogen-bond donors (Lipinski definition) is 1. The van der Waals surface area contributed by atoms with E-state index in [9.17, 15) is 0 Å². The summed E-state index contributed by atoms with van der Waals surface area (Å²) >= 11 is 3.15. The lowest BCUT2D eigenvalue weighted by atomic mass is 10.4. The van der Waals surface area contributed by atoms with E-state index in [2.05, 4.69) is 15.9 Å². The van der Waals surface area contributed by atoms with Gasteiger partial charge in [-0.1, -0.05) is 22.0 Å². The van der Waals surface area contributed by atoms with Crippen LogP contribution in [0, 0.1) is 0 Å². The molecule has 0 fully saturated rings. The van der Waals surface area contributed by atoms with Crippen LogP contribution in [0.15, 0.2) is 10.6 Å². The second-order valence-electron chi connectivity index (χ2n) is 1.35. The average Bonchev–Trinajstić information content (AvgIpc) is 1.65. The molecule has 0 aromatic heterocycles. The zero-order valence-corrected chi connectivity index (χ0v) is 6.07. The van der Waals surface area contributed by atoms with Crippen LogP contribution in [0.4, 0.5) is 0 Å². The van der Waals surface area contributed by atoms with Crippen LogP contribution in [0.3, 0.4) is 0 Å². The third kappa shape index (κ3) is 2.83. The third-order valence-corrected chi connectivity index (χ3v) is 1.80. The van der Waals surface area contributed by atoms with E-state index >= 15 is 0 Å². The molecule has 42 valence electrons. The second kappa shape index (κ2) is 3.22. The van der Waals surface area contributed by atoms with E-state index in [1.165, 1.54) is 0 Å². The molecule has 0 heterocycles. The lowest BCUT2D eigenvalue weighted by Crippen LogP contribution is -1.96. The molecule has 0 saturated carbocycles. The number of allylic oxidation sites excluding steroid dienone is 1. The minimum atomic E-state index is -0.356. The molecule has 0 aliphatic rings. The summed E-state index contributed by atoms with van der Waals surface area (Å²) in [7, 11) is 0. The van der Waals surface area contributed by atoms with Gasteiger partial charge in [-0.15, -0.1) is 0 Å². The van der Waals surface area contributed by atoms with Crippen molar-refractivity contribution in [1.82, 2.24) is 0 Å². The monoisotopic (exact) mass is 164 g/mol. The first kappa shape index (κ1) is 7.18. The van der Waals surface area contributed by atoms with Gasteiger partial charge in [0.05, 0.1) is 6.10 Å². The zero-order chi connectivity index (χ0) is 5.86. The molecule has 0 aliphatic carbocycles. The highest BCUT2D eigenvalue weighted by atomic mass is 79.9. The molecular formula is C5H9BrO. The molecule has 0 aromatic rings. The third-order valence-electron chi connectivity index (χ3n) is 0.675. The molecule has 1 nitrogen and oxygen atoms in total. The van der Waals surface area contributed by atoms with Gasteiger partial charge in [-0.25, -0.2) is 0 Å². The Morgan fingerprint density at radius 1 is 1.86 bits per heavy atom. The van der Waals surface area contributed by atoms with Crippen molar-refractivity contribution >= 4 is 15.9 Å². The maximum atomic E-state index is 8.71. The van der Waals surface area contributed by atoms with Crippen molar-refractivity contribution in [3.63, 3.8) is 0 Å². The van der Waals surface area contributed by atoms with E-state index in [0.717, 1.165) is 4.48 Å². The number of aliphatic hydroxyl groups excluding tert-OH is 1. The van der Waals surface area contributed by atoms with Gasteiger partial charge in [-0.05, 0) is 13.8 Å². The predicted octanol–water partition coefficient (Wildman–Crippen LogP) is 1.67. The van der Waals surface area contributed by atoms with Crippen LogP contribution in [-0.2, 0) is 0 Å². The van der Waals surface area contributed by atoms with Gasteiger partial charge in [0.2, 0.25) is 0 Å². The topological polar surface area (TPSA) is 20.2 Å². The standard InChI is InChI=1S/C5H9BrO/c1-3-5(6)4(2)7/h3-4,7H,1-2H3/b5-3-.